The van der Waals surface area contributed by atoms with Gasteiger partial charge in [-0.05, 0) is 31.6 Å². The van der Waals surface area contributed by atoms with Gasteiger partial charge < -0.3 is 24.8 Å². The highest BCUT2D eigenvalue weighted by atomic mass is 19.4. The van der Waals surface area contributed by atoms with Crippen LogP contribution < -0.4 is 19.9 Å². The fraction of sp³-hybridized carbons (Fsp3) is 0.577. The number of likely N-dealkylation sites (N-methyl/N-ethyl adjacent to an activating group) is 1. The maximum absolute atomic E-state index is 13.7. The lowest BCUT2D eigenvalue weighted by molar-refractivity contribution is -0.137. The van der Waals surface area contributed by atoms with Crippen molar-refractivity contribution in [2.45, 2.75) is 45.5 Å². The van der Waals surface area contributed by atoms with Crippen LogP contribution in [0.2, 0.25) is 0 Å². The van der Waals surface area contributed by atoms with E-state index in [2.05, 4.69) is 40.0 Å². The first-order chi connectivity index (χ1) is 17.8. The van der Waals surface area contributed by atoms with E-state index in [0.29, 0.717) is 51.3 Å². The third-order valence-electron chi connectivity index (χ3n) is 7.00. The predicted molar refractivity (Wildman–Crippen MR) is 136 cm³/mol. The molecule has 1 fully saturated rings. The van der Waals surface area contributed by atoms with Gasteiger partial charge >= 0.3 is 12.2 Å². The minimum atomic E-state index is -4.44. The standard InChI is InChI=1S/C26H34F3N7O/c1-3-34(4-2)15-16-37-25-32-22-18-35(23-8-6-5-7-21(23)26(27,28)29)13-10-20(22)24(33-25)36-14-12-31-19(17-36)9-11-30/h5-8,19,31H,3-4,9-10,12-18H2,1-2H3. The summed E-state index contributed by atoms with van der Waals surface area (Å²) in [7, 11) is 0. The Balaban J connectivity index is 1.64. The molecule has 1 saturated heterocycles. The third kappa shape index (κ3) is 6.43. The van der Waals surface area contributed by atoms with Crippen molar-refractivity contribution < 1.29 is 17.9 Å². The van der Waals surface area contributed by atoms with Gasteiger partial charge in [0.1, 0.15) is 12.4 Å². The van der Waals surface area contributed by atoms with Crippen LogP contribution in [0.4, 0.5) is 24.7 Å². The molecule has 1 aromatic carbocycles. The number of nitriles is 1. The van der Waals surface area contributed by atoms with Crippen molar-refractivity contribution in [3.63, 3.8) is 0 Å². The SMILES string of the molecule is CCN(CC)CCOc1nc2c(c(N3CCNC(CC#N)C3)n1)CCN(c1ccccc1C(F)(F)F)C2. The number of alkyl halides is 3. The van der Waals surface area contributed by atoms with E-state index in [-0.39, 0.29) is 24.3 Å². The Morgan fingerprint density at radius 2 is 1.95 bits per heavy atom. The number of rotatable bonds is 9. The summed E-state index contributed by atoms with van der Waals surface area (Å²) in [6.45, 7) is 9.85. The van der Waals surface area contributed by atoms with Crippen LogP contribution >= 0.6 is 0 Å². The Hall–Kier alpha value is -3.10. The van der Waals surface area contributed by atoms with Crippen molar-refractivity contribution in [3.8, 4) is 12.1 Å². The monoisotopic (exact) mass is 517 g/mol. The molecule has 0 saturated carbocycles. The summed E-state index contributed by atoms with van der Waals surface area (Å²) >= 11 is 0. The molecule has 2 aliphatic rings. The maximum atomic E-state index is 13.7. The quantitative estimate of drug-likeness (QED) is 0.542. The van der Waals surface area contributed by atoms with Crippen LogP contribution in [0.15, 0.2) is 24.3 Å². The third-order valence-corrected chi connectivity index (χ3v) is 7.00. The molecule has 1 unspecified atom stereocenters. The Morgan fingerprint density at radius 1 is 1.16 bits per heavy atom. The van der Waals surface area contributed by atoms with Crippen molar-refractivity contribution in [3.05, 3.63) is 41.1 Å². The van der Waals surface area contributed by atoms with Crippen LogP contribution in [-0.2, 0) is 19.1 Å². The Morgan fingerprint density at radius 3 is 2.68 bits per heavy atom. The lowest BCUT2D eigenvalue weighted by atomic mass is 10.0. The Kier molecular flexibility index (Phi) is 8.71. The lowest BCUT2D eigenvalue weighted by Gasteiger charge is -2.37. The molecule has 4 rings (SSSR count). The molecular weight excluding hydrogens is 483 g/mol. The van der Waals surface area contributed by atoms with E-state index >= 15 is 0 Å². The highest BCUT2D eigenvalue weighted by Crippen LogP contribution is 2.39. The van der Waals surface area contributed by atoms with Crippen molar-refractivity contribution in [2.75, 3.05) is 62.2 Å². The Labute approximate surface area is 216 Å². The van der Waals surface area contributed by atoms with Crippen LogP contribution in [-0.4, -0.2) is 73.3 Å². The van der Waals surface area contributed by atoms with Crippen LogP contribution in [0.3, 0.4) is 0 Å². The highest BCUT2D eigenvalue weighted by Gasteiger charge is 2.36. The van der Waals surface area contributed by atoms with Crippen molar-refractivity contribution in [1.29, 1.82) is 5.26 Å². The molecule has 37 heavy (non-hydrogen) atoms. The molecule has 8 nitrogen and oxygen atoms in total. The second kappa shape index (κ2) is 12.0. The van der Waals surface area contributed by atoms with E-state index in [0.717, 1.165) is 37.1 Å². The Bertz CT molecular complexity index is 1100. The number of nitrogens with one attached hydrogen (secondary N) is 1. The largest absolute Gasteiger partial charge is 0.462 e. The molecule has 3 heterocycles. The summed E-state index contributed by atoms with van der Waals surface area (Å²) in [5.74, 6) is 0.760. The number of halogens is 3. The molecule has 0 spiro atoms. The van der Waals surface area contributed by atoms with Crippen LogP contribution in [0.1, 0.15) is 37.1 Å². The van der Waals surface area contributed by atoms with Gasteiger partial charge in [0, 0.05) is 50.0 Å². The first-order valence-corrected chi connectivity index (χ1v) is 12.8. The minimum absolute atomic E-state index is 0.0233. The number of hydrogen-bond acceptors (Lipinski definition) is 8. The zero-order chi connectivity index (χ0) is 26.4. The summed E-state index contributed by atoms with van der Waals surface area (Å²) in [5, 5.41) is 12.5. The van der Waals surface area contributed by atoms with Crippen LogP contribution in [0.5, 0.6) is 6.01 Å². The number of aromatic nitrogens is 2. The van der Waals surface area contributed by atoms with E-state index in [1.165, 1.54) is 12.1 Å². The number of fused-ring (bicyclic) bond motifs is 1. The summed E-state index contributed by atoms with van der Waals surface area (Å²) < 4.78 is 47.1. The molecule has 1 aromatic heterocycles. The molecular formula is C26H34F3N7O. The average Bonchev–Trinajstić information content (AvgIpc) is 2.90. The molecule has 0 aliphatic carbocycles. The molecule has 0 radical (unpaired) electrons. The summed E-state index contributed by atoms with van der Waals surface area (Å²) in [6, 6.07) is 8.16. The van der Waals surface area contributed by atoms with Gasteiger partial charge in [-0.1, -0.05) is 26.0 Å². The average molecular weight is 518 g/mol. The molecule has 1 N–H and O–H groups in total. The van der Waals surface area contributed by atoms with Crippen molar-refractivity contribution >= 4 is 11.5 Å². The first-order valence-electron chi connectivity index (χ1n) is 12.8. The number of para-hydroxylation sites is 1. The number of benzene rings is 1. The first kappa shape index (κ1) is 26.9. The summed E-state index contributed by atoms with van der Waals surface area (Å²) in [6.07, 6.45) is -3.54. The van der Waals surface area contributed by atoms with Crippen LogP contribution in [0, 0.1) is 11.3 Å². The van der Waals surface area contributed by atoms with Gasteiger partial charge in [-0.3, -0.25) is 0 Å². The van der Waals surface area contributed by atoms with Gasteiger partial charge in [-0.25, -0.2) is 0 Å². The second-order valence-corrected chi connectivity index (χ2v) is 9.28. The number of anilines is 2. The van der Waals surface area contributed by atoms with Gasteiger partial charge in [0.25, 0.3) is 0 Å². The maximum Gasteiger partial charge on any atom is 0.418 e. The van der Waals surface area contributed by atoms with Crippen molar-refractivity contribution in [1.82, 2.24) is 20.2 Å². The van der Waals surface area contributed by atoms with Gasteiger partial charge in [0.05, 0.1) is 30.3 Å². The fourth-order valence-electron chi connectivity index (χ4n) is 4.98. The van der Waals surface area contributed by atoms with E-state index in [1.807, 2.05) is 0 Å². The zero-order valence-corrected chi connectivity index (χ0v) is 21.4. The number of hydrogen-bond donors (Lipinski definition) is 1. The van der Waals surface area contributed by atoms with Crippen molar-refractivity contribution in [2.24, 2.45) is 0 Å². The highest BCUT2D eigenvalue weighted by molar-refractivity contribution is 5.59. The van der Waals surface area contributed by atoms with Gasteiger partial charge in [0.2, 0.25) is 0 Å². The minimum Gasteiger partial charge on any atom is -0.462 e. The molecule has 1 atom stereocenters. The zero-order valence-electron chi connectivity index (χ0n) is 21.4. The topological polar surface area (TPSA) is 80.5 Å². The van der Waals surface area contributed by atoms with E-state index in [4.69, 9.17) is 15.0 Å². The molecule has 2 aromatic rings. The molecule has 0 amide bonds. The van der Waals surface area contributed by atoms with Crippen LogP contribution in [0.25, 0.3) is 0 Å². The smallest absolute Gasteiger partial charge is 0.418 e. The molecule has 11 heteroatoms. The second-order valence-electron chi connectivity index (χ2n) is 9.28. The normalized spacial score (nSPS) is 18.0. The van der Waals surface area contributed by atoms with Gasteiger partial charge in [-0.15, -0.1) is 0 Å². The number of ether oxygens (including phenoxy) is 1. The number of nitrogens with zero attached hydrogens (tertiary/aromatic N) is 6. The summed E-state index contributed by atoms with van der Waals surface area (Å²) in [4.78, 5) is 15.6. The fourth-order valence-corrected chi connectivity index (χ4v) is 4.98. The molecule has 0 bridgehead atoms. The van der Waals surface area contributed by atoms with Gasteiger partial charge in [0.15, 0.2) is 0 Å². The molecule has 2 aliphatic heterocycles. The number of piperazine rings is 1. The van der Waals surface area contributed by atoms with Gasteiger partial charge in [-0.2, -0.15) is 28.4 Å². The van der Waals surface area contributed by atoms with E-state index < -0.39 is 11.7 Å². The predicted octanol–water partition coefficient (Wildman–Crippen LogP) is 3.47. The van der Waals surface area contributed by atoms with E-state index in [9.17, 15) is 13.2 Å². The lowest BCUT2D eigenvalue weighted by Crippen LogP contribution is -2.51. The van der Waals surface area contributed by atoms with E-state index in [1.54, 1.807) is 11.0 Å². The molecule has 200 valence electrons. The summed E-state index contributed by atoms with van der Waals surface area (Å²) in [5.41, 5.74) is 1.13.